The van der Waals surface area contributed by atoms with E-state index in [-0.39, 0.29) is 6.61 Å². The summed E-state index contributed by atoms with van der Waals surface area (Å²) in [5, 5.41) is 24.6. The van der Waals surface area contributed by atoms with Gasteiger partial charge in [-0.05, 0) is 22.6 Å². The second-order valence-electron chi connectivity index (χ2n) is 6.54. The number of fused-ring (bicyclic) bond motifs is 5. The number of aliphatic hydroxyl groups excluding tert-OH is 1. The normalized spacial score (nSPS) is 16.1. The number of β-amino-alcohol motifs (C(OH)–C–C–N with tert-alkyl or cyclic N) is 1. The molecule has 2 aromatic heterocycles. The average Bonchev–Trinajstić information content (AvgIpc) is 3.14. The quantitative estimate of drug-likeness (QED) is 0.529. The van der Waals surface area contributed by atoms with Crippen LogP contribution in [0.1, 0.15) is 0 Å². The summed E-state index contributed by atoms with van der Waals surface area (Å²) in [5.74, 6) is 1.99. The summed E-state index contributed by atoms with van der Waals surface area (Å²) in [6, 6.07) is 7.85. The first-order valence-corrected chi connectivity index (χ1v) is 8.94. The maximum atomic E-state index is 9.10. The van der Waals surface area contributed by atoms with Crippen LogP contribution in [0.25, 0.3) is 17.1 Å². The molecule has 27 heavy (non-hydrogen) atoms. The molecule has 0 bridgehead atoms. The lowest BCUT2D eigenvalue weighted by molar-refractivity contribution is 0.188. The lowest BCUT2D eigenvalue weighted by Crippen LogP contribution is -2.47. The van der Waals surface area contributed by atoms with Crippen LogP contribution in [0.3, 0.4) is 0 Å². The molecule has 3 aromatic rings. The molecule has 0 aliphatic carbocycles. The number of hydrogen-bond donors (Lipinski definition) is 2. The summed E-state index contributed by atoms with van der Waals surface area (Å²) < 4.78 is 1.70. The molecule has 10 heteroatoms. The van der Waals surface area contributed by atoms with Crippen LogP contribution in [0, 0.1) is 0 Å². The molecule has 0 amide bonds. The SMILES string of the molecule is OCCN1CCN(c2ncc3c(n2)Nc2ccccc2-n2nnnc2-3)CC1. The molecule has 1 aromatic carbocycles. The Hall–Kier alpha value is -3.11. The van der Waals surface area contributed by atoms with Crippen LogP contribution >= 0.6 is 0 Å². The highest BCUT2D eigenvalue weighted by molar-refractivity contribution is 5.81. The van der Waals surface area contributed by atoms with Gasteiger partial charge in [0.2, 0.25) is 5.95 Å². The molecule has 2 N–H and O–H groups in total. The topological polar surface area (TPSA) is 108 Å². The monoisotopic (exact) mass is 365 g/mol. The second-order valence-corrected chi connectivity index (χ2v) is 6.54. The summed E-state index contributed by atoms with van der Waals surface area (Å²) in [5.41, 5.74) is 2.52. The van der Waals surface area contributed by atoms with E-state index in [1.165, 1.54) is 0 Å². The largest absolute Gasteiger partial charge is 0.395 e. The molecule has 0 saturated carbocycles. The van der Waals surface area contributed by atoms with E-state index >= 15 is 0 Å². The average molecular weight is 365 g/mol. The lowest BCUT2D eigenvalue weighted by Gasteiger charge is -2.34. The maximum absolute atomic E-state index is 9.10. The fraction of sp³-hybridized carbons (Fsp3) is 0.353. The summed E-state index contributed by atoms with van der Waals surface area (Å²) in [4.78, 5) is 13.7. The van der Waals surface area contributed by atoms with Crippen molar-refractivity contribution < 1.29 is 5.11 Å². The van der Waals surface area contributed by atoms with E-state index in [0.717, 1.165) is 43.1 Å². The highest BCUT2D eigenvalue weighted by atomic mass is 16.3. The molecular weight excluding hydrogens is 346 g/mol. The van der Waals surface area contributed by atoms with E-state index in [2.05, 4.69) is 35.6 Å². The van der Waals surface area contributed by atoms with Crippen molar-refractivity contribution in [1.29, 1.82) is 0 Å². The zero-order valence-corrected chi connectivity index (χ0v) is 14.7. The zero-order valence-electron chi connectivity index (χ0n) is 14.7. The number of anilines is 3. The number of benzene rings is 1. The van der Waals surface area contributed by atoms with Gasteiger partial charge >= 0.3 is 0 Å². The van der Waals surface area contributed by atoms with Crippen LogP contribution in [0.5, 0.6) is 0 Å². The number of hydrogen-bond acceptors (Lipinski definition) is 9. The standard InChI is InChI=1S/C17H19N9O/c27-10-9-24-5-7-25(8-6-24)17-18-11-12-15(20-17)19-13-3-1-2-4-14(13)26-16(12)21-22-23-26/h1-4,11,27H,5-10H2,(H,18,19,20). The smallest absolute Gasteiger partial charge is 0.227 e. The zero-order chi connectivity index (χ0) is 18.2. The molecule has 10 nitrogen and oxygen atoms in total. The van der Waals surface area contributed by atoms with E-state index in [0.29, 0.717) is 24.1 Å². The summed E-state index contributed by atoms with van der Waals surface area (Å²) >= 11 is 0. The minimum Gasteiger partial charge on any atom is -0.395 e. The van der Waals surface area contributed by atoms with E-state index in [1.807, 2.05) is 24.3 Å². The van der Waals surface area contributed by atoms with Gasteiger partial charge in [0, 0.05) is 38.9 Å². The Kier molecular flexibility index (Phi) is 3.91. The summed E-state index contributed by atoms with van der Waals surface area (Å²) in [6.45, 7) is 4.32. The van der Waals surface area contributed by atoms with Crippen LogP contribution in [-0.2, 0) is 0 Å². The Balaban J connectivity index is 1.50. The van der Waals surface area contributed by atoms with Crippen molar-refractivity contribution in [1.82, 2.24) is 35.1 Å². The third-order valence-corrected chi connectivity index (χ3v) is 4.94. The van der Waals surface area contributed by atoms with Gasteiger partial charge < -0.3 is 15.3 Å². The highest BCUT2D eigenvalue weighted by Crippen LogP contribution is 2.35. The third-order valence-electron chi connectivity index (χ3n) is 4.94. The van der Waals surface area contributed by atoms with Crippen LogP contribution in [0.4, 0.5) is 17.5 Å². The van der Waals surface area contributed by atoms with Crippen molar-refractivity contribution in [2.75, 3.05) is 49.5 Å². The van der Waals surface area contributed by atoms with E-state index in [1.54, 1.807) is 10.9 Å². The predicted molar refractivity (Wildman–Crippen MR) is 99.2 cm³/mol. The molecule has 2 aliphatic rings. The molecule has 138 valence electrons. The molecule has 4 heterocycles. The van der Waals surface area contributed by atoms with E-state index < -0.39 is 0 Å². The molecule has 0 radical (unpaired) electrons. The second kappa shape index (κ2) is 6.56. The Labute approximate surface area is 155 Å². The Bertz CT molecular complexity index is 965. The van der Waals surface area contributed by atoms with Gasteiger partial charge in [0.1, 0.15) is 5.82 Å². The molecule has 2 aliphatic heterocycles. The van der Waals surface area contributed by atoms with Gasteiger partial charge in [0.05, 0.1) is 23.5 Å². The fourth-order valence-corrected chi connectivity index (χ4v) is 3.51. The van der Waals surface area contributed by atoms with Crippen molar-refractivity contribution >= 4 is 17.5 Å². The van der Waals surface area contributed by atoms with Gasteiger partial charge in [-0.2, -0.15) is 9.67 Å². The van der Waals surface area contributed by atoms with Gasteiger partial charge in [-0.1, -0.05) is 12.1 Å². The van der Waals surface area contributed by atoms with Crippen molar-refractivity contribution in [2.45, 2.75) is 0 Å². The molecule has 0 atom stereocenters. The van der Waals surface area contributed by atoms with Crippen LogP contribution in [-0.4, -0.2) is 79.5 Å². The number of para-hydroxylation sites is 2. The van der Waals surface area contributed by atoms with Gasteiger partial charge in [0.25, 0.3) is 0 Å². The van der Waals surface area contributed by atoms with Crippen LogP contribution in [0.2, 0.25) is 0 Å². The molecule has 1 saturated heterocycles. The molecule has 1 fully saturated rings. The fourth-order valence-electron chi connectivity index (χ4n) is 3.51. The number of nitrogens with zero attached hydrogens (tertiary/aromatic N) is 8. The van der Waals surface area contributed by atoms with Gasteiger partial charge in [-0.3, -0.25) is 4.90 Å². The molecular formula is C17H19N9O. The highest BCUT2D eigenvalue weighted by Gasteiger charge is 2.25. The molecule has 0 spiro atoms. The van der Waals surface area contributed by atoms with Crippen molar-refractivity contribution in [3.8, 4) is 17.1 Å². The lowest BCUT2D eigenvalue weighted by atomic mass is 10.2. The number of piperazine rings is 1. The first-order valence-electron chi connectivity index (χ1n) is 8.94. The Morgan fingerprint density at radius 3 is 2.81 bits per heavy atom. The van der Waals surface area contributed by atoms with Crippen LogP contribution in [0.15, 0.2) is 30.5 Å². The molecule has 0 unspecified atom stereocenters. The number of aliphatic hydroxyl groups is 1. The Morgan fingerprint density at radius 2 is 1.96 bits per heavy atom. The van der Waals surface area contributed by atoms with Crippen LogP contribution < -0.4 is 10.2 Å². The van der Waals surface area contributed by atoms with Gasteiger partial charge in [-0.15, -0.1) is 5.10 Å². The third kappa shape index (κ3) is 2.78. The predicted octanol–water partition coefficient (Wildman–Crippen LogP) is 0.291. The van der Waals surface area contributed by atoms with Crippen molar-refractivity contribution in [3.05, 3.63) is 30.5 Å². The summed E-state index contributed by atoms with van der Waals surface area (Å²) in [7, 11) is 0. The first kappa shape index (κ1) is 16.1. The number of tetrazole rings is 1. The van der Waals surface area contributed by atoms with Gasteiger partial charge in [-0.25, -0.2) is 4.98 Å². The maximum Gasteiger partial charge on any atom is 0.227 e. The first-order chi connectivity index (χ1) is 13.3. The number of aromatic nitrogens is 6. The Morgan fingerprint density at radius 1 is 1.11 bits per heavy atom. The number of rotatable bonds is 3. The van der Waals surface area contributed by atoms with Crippen molar-refractivity contribution in [2.24, 2.45) is 0 Å². The number of nitrogens with one attached hydrogen (secondary N) is 1. The van der Waals surface area contributed by atoms with Crippen molar-refractivity contribution in [3.63, 3.8) is 0 Å². The summed E-state index contributed by atoms with van der Waals surface area (Å²) in [6.07, 6.45) is 1.78. The minimum atomic E-state index is 0.188. The molecule has 5 rings (SSSR count). The van der Waals surface area contributed by atoms with E-state index in [9.17, 15) is 0 Å². The minimum absolute atomic E-state index is 0.188. The van der Waals surface area contributed by atoms with E-state index in [4.69, 9.17) is 10.1 Å². The van der Waals surface area contributed by atoms with Gasteiger partial charge in [0.15, 0.2) is 5.82 Å².